The number of carbonyl (C=O) groups excluding carboxylic acids is 2. The SMILES string of the molecule is CC(=O)N(CCC(=O)NCCc1cccc(Cl)c1)c1ccc(F)cc1F. The van der Waals surface area contributed by atoms with Gasteiger partial charge in [-0.05, 0) is 36.2 Å². The van der Waals surface area contributed by atoms with Crippen LogP contribution in [0.1, 0.15) is 18.9 Å². The monoisotopic (exact) mass is 380 g/mol. The minimum absolute atomic E-state index is 0.000877. The highest BCUT2D eigenvalue weighted by Crippen LogP contribution is 2.20. The number of hydrogen-bond acceptors (Lipinski definition) is 2. The van der Waals surface area contributed by atoms with E-state index in [1.165, 1.54) is 13.0 Å². The number of hydrogen-bond donors (Lipinski definition) is 1. The molecule has 2 amide bonds. The molecule has 138 valence electrons. The molecule has 0 atom stereocenters. The second kappa shape index (κ2) is 9.29. The lowest BCUT2D eigenvalue weighted by Crippen LogP contribution is -2.35. The zero-order chi connectivity index (χ0) is 19.1. The highest BCUT2D eigenvalue weighted by Gasteiger charge is 2.17. The number of nitrogens with zero attached hydrogens (tertiary/aromatic N) is 1. The lowest BCUT2D eigenvalue weighted by molar-refractivity contribution is -0.121. The van der Waals surface area contributed by atoms with Gasteiger partial charge in [0.05, 0.1) is 5.69 Å². The largest absolute Gasteiger partial charge is 0.356 e. The molecular weight excluding hydrogens is 362 g/mol. The number of anilines is 1. The van der Waals surface area contributed by atoms with E-state index >= 15 is 0 Å². The molecule has 2 aromatic rings. The van der Waals surface area contributed by atoms with Crippen LogP contribution in [0.4, 0.5) is 14.5 Å². The topological polar surface area (TPSA) is 49.4 Å². The number of halogens is 3. The fourth-order valence-electron chi connectivity index (χ4n) is 2.49. The average molecular weight is 381 g/mol. The van der Waals surface area contributed by atoms with Crippen molar-refractivity contribution in [2.45, 2.75) is 19.8 Å². The van der Waals surface area contributed by atoms with Gasteiger partial charge < -0.3 is 10.2 Å². The molecular formula is C19H19ClF2N2O2. The van der Waals surface area contributed by atoms with Gasteiger partial charge >= 0.3 is 0 Å². The fourth-order valence-corrected chi connectivity index (χ4v) is 2.70. The summed E-state index contributed by atoms with van der Waals surface area (Å²) in [5, 5.41) is 3.38. The summed E-state index contributed by atoms with van der Waals surface area (Å²) >= 11 is 5.90. The van der Waals surface area contributed by atoms with Crippen LogP contribution in [0.2, 0.25) is 5.02 Å². The van der Waals surface area contributed by atoms with Crippen LogP contribution in [0.3, 0.4) is 0 Å². The maximum atomic E-state index is 13.9. The van der Waals surface area contributed by atoms with Crippen molar-refractivity contribution in [1.82, 2.24) is 5.32 Å². The first kappa shape index (κ1) is 19.8. The summed E-state index contributed by atoms with van der Waals surface area (Å²) in [6.07, 6.45) is 0.626. The molecule has 0 heterocycles. The van der Waals surface area contributed by atoms with Crippen LogP contribution in [0, 0.1) is 11.6 Å². The van der Waals surface area contributed by atoms with E-state index < -0.39 is 17.5 Å². The highest BCUT2D eigenvalue weighted by atomic mass is 35.5. The van der Waals surface area contributed by atoms with Gasteiger partial charge in [-0.2, -0.15) is 0 Å². The number of carbonyl (C=O) groups is 2. The summed E-state index contributed by atoms with van der Waals surface area (Å²) < 4.78 is 26.9. The molecule has 0 unspecified atom stereocenters. The Bertz CT molecular complexity index is 799. The van der Waals surface area contributed by atoms with Crippen LogP contribution in [0.15, 0.2) is 42.5 Å². The van der Waals surface area contributed by atoms with E-state index in [-0.39, 0.29) is 24.6 Å². The normalized spacial score (nSPS) is 10.5. The molecule has 26 heavy (non-hydrogen) atoms. The number of amides is 2. The van der Waals surface area contributed by atoms with Gasteiger partial charge in [-0.15, -0.1) is 0 Å². The Morgan fingerprint density at radius 1 is 1.15 bits per heavy atom. The van der Waals surface area contributed by atoms with Crippen molar-refractivity contribution in [3.63, 3.8) is 0 Å². The summed E-state index contributed by atoms with van der Waals surface area (Å²) in [7, 11) is 0. The van der Waals surface area contributed by atoms with Crippen LogP contribution < -0.4 is 10.2 Å². The molecule has 0 saturated heterocycles. The van der Waals surface area contributed by atoms with Gasteiger partial charge in [-0.25, -0.2) is 8.78 Å². The molecule has 2 rings (SSSR count). The standard InChI is InChI=1S/C19H19ClF2N2O2/c1-13(25)24(18-6-5-16(21)12-17(18)22)10-8-19(26)23-9-7-14-3-2-4-15(20)11-14/h2-6,11-12H,7-10H2,1H3,(H,23,26). The van der Waals surface area contributed by atoms with Crippen molar-refractivity contribution in [3.05, 3.63) is 64.7 Å². The lowest BCUT2D eigenvalue weighted by Gasteiger charge is -2.21. The lowest BCUT2D eigenvalue weighted by atomic mass is 10.1. The fraction of sp³-hybridized carbons (Fsp3) is 0.263. The summed E-state index contributed by atoms with van der Waals surface area (Å²) in [4.78, 5) is 24.8. The Morgan fingerprint density at radius 3 is 2.58 bits per heavy atom. The van der Waals surface area contributed by atoms with Crippen LogP contribution in [0.25, 0.3) is 0 Å². The molecule has 0 radical (unpaired) electrons. The van der Waals surface area contributed by atoms with Gasteiger partial charge in [0.1, 0.15) is 11.6 Å². The zero-order valence-corrected chi connectivity index (χ0v) is 15.0. The molecule has 4 nitrogen and oxygen atoms in total. The van der Waals surface area contributed by atoms with Crippen LogP contribution in [-0.2, 0) is 16.0 Å². The minimum atomic E-state index is -0.846. The van der Waals surface area contributed by atoms with Crippen molar-refractivity contribution in [3.8, 4) is 0 Å². The first-order valence-corrected chi connectivity index (χ1v) is 8.49. The Morgan fingerprint density at radius 2 is 1.92 bits per heavy atom. The molecule has 0 bridgehead atoms. The van der Waals surface area contributed by atoms with Gasteiger partial charge in [-0.1, -0.05) is 23.7 Å². The van der Waals surface area contributed by atoms with Crippen molar-refractivity contribution in [2.24, 2.45) is 0 Å². The van der Waals surface area contributed by atoms with Crippen LogP contribution >= 0.6 is 11.6 Å². The molecule has 2 aromatic carbocycles. The molecule has 0 aliphatic carbocycles. The zero-order valence-electron chi connectivity index (χ0n) is 14.3. The minimum Gasteiger partial charge on any atom is -0.356 e. The predicted molar refractivity (Wildman–Crippen MR) is 97.2 cm³/mol. The predicted octanol–water partition coefficient (Wildman–Crippen LogP) is 3.72. The quantitative estimate of drug-likeness (QED) is 0.795. The maximum Gasteiger partial charge on any atom is 0.223 e. The third-order valence-electron chi connectivity index (χ3n) is 3.77. The molecule has 7 heteroatoms. The second-order valence-corrected chi connectivity index (χ2v) is 6.18. The molecule has 0 fully saturated rings. The van der Waals surface area contributed by atoms with Crippen molar-refractivity contribution in [2.75, 3.05) is 18.0 Å². The van der Waals surface area contributed by atoms with Gasteiger partial charge in [0.15, 0.2) is 0 Å². The Kier molecular flexibility index (Phi) is 7.09. The van der Waals surface area contributed by atoms with Crippen LogP contribution in [0.5, 0.6) is 0 Å². The average Bonchev–Trinajstić information content (AvgIpc) is 2.56. The van der Waals surface area contributed by atoms with E-state index in [1.807, 2.05) is 18.2 Å². The van der Waals surface area contributed by atoms with Gasteiger partial charge in [0.25, 0.3) is 0 Å². The molecule has 0 aliphatic rings. The van der Waals surface area contributed by atoms with Gasteiger partial charge in [0, 0.05) is 37.5 Å². The van der Waals surface area contributed by atoms with Crippen molar-refractivity contribution in [1.29, 1.82) is 0 Å². The second-order valence-electron chi connectivity index (χ2n) is 5.75. The smallest absolute Gasteiger partial charge is 0.223 e. The maximum absolute atomic E-state index is 13.9. The summed E-state index contributed by atoms with van der Waals surface area (Å²) in [5.41, 5.74) is 0.946. The molecule has 0 saturated carbocycles. The van der Waals surface area contributed by atoms with E-state index in [0.717, 1.165) is 16.5 Å². The summed E-state index contributed by atoms with van der Waals surface area (Å²) in [6, 6.07) is 10.3. The first-order chi connectivity index (χ1) is 12.4. The van der Waals surface area contributed by atoms with E-state index in [2.05, 4.69) is 5.32 Å². The van der Waals surface area contributed by atoms with E-state index in [0.29, 0.717) is 24.1 Å². The Labute approximate surface area is 155 Å². The van der Waals surface area contributed by atoms with E-state index in [9.17, 15) is 18.4 Å². The summed E-state index contributed by atoms with van der Waals surface area (Å²) in [6.45, 7) is 1.69. The Hall–Kier alpha value is -2.47. The van der Waals surface area contributed by atoms with Crippen LogP contribution in [-0.4, -0.2) is 24.9 Å². The molecule has 0 aromatic heterocycles. The third kappa shape index (κ3) is 5.81. The molecule has 0 aliphatic heterocycles. The van der Waals surface area contributed by atoms with E-state index in [4.69, 9.17) is 11.6 Å². The first-order valence-electron chi connectivity index (χ1n) is 8.11. The number of benzene rings is 2. The molecule has 0 spiro atoms. The van der Waals surface area contributed by atoms with Gasteiger partial charge in [-0.3, -0.25) is 9.59 Å². The third-order valence-corrected chi connectivity index (χ3v) is 4.00. The van der Waals surface area contributed by atoms with Gasteiger partial charge in [0.2, 0.25) is 11.8 Å². The number of nitrogens with one attached hydrogen (secondary N) is 1. The van der Waals surface area contributed by atoms with Crippen molar-refractivity contribution < 1.29 is 18.4 Å². The number of rotatable bonds is 7. The van der Waals surface area contributed by atoms with E-state index in [1.54, 1.807) is 6.07 Å². The van der Waals surface area contributed by atoms with Crippen molar-refractivity contribution >= 4 is 29.1 Å². The molecule has 1 N–H and O–H groups in total. The highest BCUT2D eigenvalue weighted by molar-refractivity contribution is 6.30. The summed E-state index contributed by atoms with van der Waals surface area (Å²) in [5.74, 6) is -2.27. The Balaban J connectivity index is 1.86.